The van der Waals surface area contributed by atoms with E-state index in [9.17, 15) is 20.1 Å². The van der Waals surface area contributed by atoms with Crippen molar-refractivity contribution in [3.8, 4) is 17.2 Å². The molecule has 2 fully saturated rings. The van der Waals surface area contributed by atoms with E-state index in [0.717, 1.165) is 25.3 Å². The van der Waals surface area contributed by atoms with Gasteiger partial charge >= 0.3 is 0 Å². The van der Waals surface area contributed by atoms with Crippen LogP contribution in [0.5, 0.6) is 17.2 Å². The molecule has 3 rings (SSSR count). The van der Waals surface area contributed by atoms with Crippen molar-refractivity contribution < 1.29 is 20.1 Å². The molecule has 2 saturated carbocycles. The summed E-state index contributed by atoms with van der Waals surface area (Å²) in [5, 5.41) is 30.7. The lowest BCUT2D eigenvalue weighted by atomic mass is 9.48. The average Bonchev–Trinajstić information content (AvgIpc) is 2.56. The summed E-state index contributed by atoms with van der Waals surface area (Å²) in [5.74, 6) is -0.153. The summed E-state index contributed by atoms with van der Waals surface area (Å²) < 4.78 is 0. The second-order valence-electron chi connectivity index (χ2n) is 9.10. The Morgan fingerprint density at radius 1 is 1.08 bits per heavy atom. The van der Waals surface area contributed by atoms with Crippen LogP contribution in [0.1, 0.15) is 75.7 Å². The summed E-state index contributed by atoms with van der Waals surface area (Å²) in [7, 11) is 0. The minimum atomic E-state index is -0.383. The molecule has 3 N–H and O–H groups in total. The number of aldehydes is 1. The highest BCUT2D eigenvalue weighted by molar-refractivity contribution is 5.86. The number of carbonyl (C=O) groups is 1. The molecule has 2 aliphatic carbocycles. The lowest BCUT2D eigenvalue weighted by Crippen LogP contribution is -2.47. The lowest BCUT2D eigenvalue weighted by Gasteiger charge is -2.56. The summed E-state index contributed by atoms with van der Waals surface area (Å²) in [6, 6.07) is 1.10. The number of allylic oxidation sites excluding steroid dienone is 1. The SMILES string of the molecule is CC1CCC2C(C)(C)CCCC2(C)C1=Cc1c(O)c(O)cc(C=O)c1O. The molecule has 0 amide bonds. The predicted octanol–water partition coefficient (Wildman–Crippen LogP) is 5.26. The summed E-state index contributed by atoms with van der Waals surface area (Å²) >= 11 is 0. The van der Waals surface area contributed by atoms with Gasteiger partial charge in [-0.05, 0) is 60.5 Å². The minimum absolute atomic E-state index is 0.00883. The molecule has 0 spiro atoms. The quantitative estimate of drug-likeness (QED) is 0.383. The normalized spacial score (nSPS) is 32.2. The number of benzene rings is 1. The van der Waals surface area contributed by atoms with Crippen LogP contribution in [0.25, 0.3) is 6.08 Å². The highest BCUT2D eigenvalue weighted by atomic mass is 16.3. The van der Waals surface area contributed by atoms with Crippen LogP contribution in [0, 0.1) is 22.7 Å². The highest BCUT2D eigenvalue weighted by Gasteiger charge is 2.51. The van der Waals surface area contributed by atoms with E-state index in [4.69, 9.17) is 0 Å². The Labute approximate surface area is 155 Å². The van der Waals surface area contributed by atoms with Crippen LogP contribution < -0.4 is 0 Å². The van der Waals surface area contributed by atoms with E-state index in [0.29, 0.717) is 18.1 Å². The van der Waals surface area contributed by atoms with E-state index >= 15 is 0 Å². The molecule has 26 heavy (non-hydrogen) atoms. The van der Waals surface area contributed by atoms with Gasteiger partial charge in [0.25, 0.3) is 0 Å². The number of hydrogen-bond donors (Lipinski definition) is 3. The molecule has 2 aliphatic rings. The number of phenolic OH excluding ortho intramolecular Hbond substituents is 3. The van der Waals surface area contributed by atoms with Gasteiger partial charge in [0, 0.05) is 0 Å². The van der Waals surface area contributed by atoms with Crippen LogP contribution in [0.15, 0.2) is 11.6 Å². The van der Waals surface area contributed by atoms with Gasteiger partial charge in [0.05, 0.1) is 11.1 Å². The second-order valence-corrected chi connectivity index (χ2v) is 9.10. The van der Waals surface area contributed by atoms with Gasteiger partial charge < -0.3 is 15.3 Å². The molecule has 0 radical (unpaired) electrons. The maximum atomic E-state index is 11.2. The Morgan fingerprint density at radius 3 is 2.42 bits per heavy atom. The fraction of sp³-hybridized carbons (Fsp3) is 0.591. The topological polar surface area (TPSA) is 77.8 Å². The standard InChI is InChI=1S/C22H30O4/c1-13-6-7-18-21(2,3)8-5-9-22(18,4)16(13)11-15-19(25)14(12-23)10-17(24)20(15)26/h10-13,18,24-26H,5-9H2,1-4H3. The molecule has 0 bridgehead atoms. The van der Waals surface area contributed by atoms with Gasteiger partial charge in [-0.25, -0.2) is 0 Å². The molecular formula is C22H30O4. The van der Waals surface area contributed by atoms with Gasteiger partial charge in [-0.2, -0.15) is 0 Å². The van der Waals surface area contributed by atoms with Crippen molar-refractivity contribution in [2.75, 3.05) is 0 Å². The summed E-state index contributed by atoms with van der Waals surface area (Å²) in [5.41, 5.74) is 1.59. The van der Waals surface area contributed by atoms with Gasteiger partial charge in [0.2, 0.25) is 0 Å². The third kappa shape index (κ3) is 2.80. The first-order valence-corrected chi connectivity index (χ1v) is 9.57. The van der Waals surface area contributed by atoms with Crippen molar-refractivity contribution in [1.82, 2.24) is 0 Å². The number of fused-ring (bicyclic) bond motifs is 1. The molecule has 1 aromatic rings. The first-order valence-electron chi connectivity index (χ1n) is 9.57. The van der Waals surface area contributed by atoms with Crippen LogP contribution in [-0.2, 0) is 0 Å². The third-order valence-corrected chi connectivity index (χ3v) is 7.05. The van der Waals surface area contributed by atoms with E-state index in [-0.39, 0.29) is 39.2 Å². The fourth-order valence-electron chi connectivity index (χ4n) is 5.69. The Hall–Kier alpha value is -1.97. The van der Waals surface area contributed by atoms with Crippen molar-refractivity contribution in [2.24, 2.45) is 22.7 Å². The van der Waals surface area contributed by atoms with Gasteiger partial charge in [-0.1, -0.05) is 39.7 Å². The number of carbonyl (C=O) groups excluding carboxylic acids is 1. The Morgan fingerprint density at radius 2 is 1.77 bits per heavy atom. The molecule has 3 atom stereocenters. The Kier molecular flexibility index (Phi) is 4.58. The minimum Gasteiger partial charge on any atom is -0.506 e. The molecule has 1 aromatic carbocycles. The van der Waals surface area contributed by atoms with Crippen LogP contribution in [0.2, 0.25) is 0 Å². The predicted molar refractivity (Wildman–Crippen MR) is 102 cm³/mol. The van der Waals surface area contributed by atoms with Gasteiger partial charge in [-0.15, -0.1) is 0 Å². The van der Waals surface area contributed by atoms with Crippen molar-refractivity contribution in [3.05, 3.63) is 22.8 Å². The Bertz CT molecular complexity index is 762. The fourth-order valence-corrected chi connectivity index (χ4v) is 5.69. The van der Waals surface area contributed by atoms with Gasteiger partial charge in [-0.3, -0.25) is 4.79 Å². The zero-order valence-corrected chi connectivity index (χ0v) is 16.2. The molecule has 0 aromatic heterocycles. The monoisotopic (exact) mass is 358 g/mol. The molecule has 0 saturated heterocycles. The number of rotatable bonds is 2. The molecule has 142 valence electrons. The molecule has 3 unspecified atom stereocenters. The number of aromatic hydroxyl groups is 3. The smallest absolute Gasteiger partial charge is 0.168 e. The van der Waals surface area contributed by atoms with Gasteiger partial charge in [0.15, 0.2) is 17.8 Å². The van der Waals surface area contributed by atoms with E-state index < -0.39 is 0 Å². The van der Waals surface area contributed by atoms with E-state index in [1.54, 1.807) is 0 Å². The van der Waals surface area contributed by atoms with Crippen LogP contribution in [0.3, 0.4) is 0 Å². The molecular weight excluding hydrogens is 328 g/mol. The van der Waals surface area contributed by atoms with E-state index in [1.807, 2.05) is 6.08 Å². The molecule has 4 nitrogen and oxygen atoms in total. The van der Waals surface area contributed by atoms with Crippen LogP contribution in [-0.4, -0.2) is 21.6 Å². The summed E-state index contributed by atoms with van der Waals surface area (Å²) in [4.78, 5) is 11.2. The lowest BCUT2D eigenvalue weighted by molar-refractivity contribution is -0.00535. The van der Waals surface area contributed by atoms with Crippen LogP contribution in [0.4, 0.5) is 0 Å². The van der Waals surface area contributed by atoms with Crippen LogP contribution >= 0.6 is 0 Å². The van der Waals surface area contributed by atoms with Gasteiger partial charge in [0.1, 0.15) is 5.75 Å². The largest absolute Gasteiger partial charge is 0.506 e. The Balaban J connectivity index is 2.18. The zero-order valence-electron chi connectivity index (χ0n) is 16.2. The highest BCUT2D eigenvalue weighted by Crippen LogP contribution is 2.61. The first-order chi connectivity index (χ1) is 12.1. The maximum Gasteiger partial charge on any atom is 0.168 e. The molecule has 4 heteroatoms. The van der Waals surface area contributed by atoms with E-state index in [2.05, 4.69) is 27.7 Å². The zero-order chi connectivity index (χ0) is 19.3. The summed E-state index contributed by atoms with van der Waals surface area (Å²) in [6.07, 6.45) is 8.02. The van der Waals surface area contributed by atoms with Crippen molar-refractivity contribution in [2.45, 2.75) is 59.8 Å². The van der Waals surface area contributed by atoms with Crippen molar-refractivity contribution >= 4 is 12.4 Å². The first kappa shape index (κ1) is 18.8. The third-order valence-electron chi connectivity index (χ3n) is 7.05. The number of phenols is 3. The molecule has 0 aliphatic heterocycles. The van der Waals surface area contributed by atoms with E-state index in [1.165, 1.54) is 18.4 Å². The average molecular weight is 358 g/mol. The number of hydrogen-bond acceptors (Lipinski definition) is 4. The second kappa shape index (κ2) is 6.33. The maximum absolute atomic E-state index is 11.2. The summed E-state index contributed by atoms with van der Waals surface area (Å²) in [6.45, 7) is 9.18. The molecule has 0 heterocycles. The van der Waals surface area contributed by atoms with Crippen molar-refractivity contribution in [1.29, 1.82) is 0 Å². The van der Waals surface area contributed by atoms with Crippen molar-refractivity contribution in [3.63, 3.8) is 0 Å².